The third-order valence-electron chi connectivity index (χ3n) is 1.71. The Morgan fingerprint density at radius 3 is 2.62 bits per heavy atom. The van der Waals surface area contributed by atoms with E-state index in [1.807, 2.05) is 45.0 Å². The number of hydrogen-bond acceptors (Lipinski definition) is 1. The zero-order valence-electron chi connectivity index (χ0n) is 8.29. The van der Waals surface area contributed by atoms with E-state index in [0.29, 0.717) is 0 Å². The molecule has 0 heterocycles. The van der Waals surface area contributed by atoms with E-state index in [-0.39, 0.29) is 0 Å². The Balaban J connectivity index is 2.82. The van der Waals surface area contributed by atoms with Gasteiger partial charge >= 0.3 is 0 Å². The molecule has 0 atom stereocenters. The Bertz CT molecular complexity index is 331. The van der Waals surface area contributed by atoms with E-state index < -0.39 is 5.60 Å². The molecule has 0 N–H and O–H groups in total. The van der Waals surface area contributed by atoms with Crippen molar-refractivity contribution >= 4 is 0 Å². The van der Waals surface area contributed by atoms with Crippen LogP contribution in [-0.4, -0.2) is 5.60 Å². The fourth-order valence-electron chi connectivity index (χ4n) is 1.00. The van der Waals surface area contributed by atoms with Crippen molar-refractivity contribution in [2.24, 2.45) is 0 Å². The van der Waals surface area contributed by atoms with Crippen LogP contribution in [0.1, 0.15) is 19.4 Å². The fourth-order valence-corrected chi connectivity index (χ4v) is 1.00. The predicted molar refractivity (Wildman–Crippen MR) is 54.7 cm³/mol. The van der Waals surface area contributed by atoms with Gasteiger partial charge in [-0.25, -0.2) is 0 Å². The van der Waals surface area contributed by atoms with Crippen LogP contribution in [-0.2, 0) is 0 Å². The Morgan fingerprint density at radius 2 is 2.08 bits per heavy atom. The number of aryl methyl sites for hydroxylation is 1. The third-order valence-corrected chi connectivity index (χ3v) is 1.71. The van der Waals surface area contributed by atoms with E-state index in [1.165, 1.54) is 5.56 Å². The summed E-state index contributed by atoms with van der Waals surface area (Å²) in [5.41, 5.74) is 0.638. The lowest BCUT2D eigenvalue weighted by atomic mass is 10.1. The van der Waals surface area contributed by atoms with Gasteiger partial charge in [0.2, 0.25) is 0 Å². The third kappa shape index (κ3) is 2.83. The first-order chi connectivity index (χ1) is 6.03. The standard InChI is InChI=1S/C12H14O/c1-5-12(3,4)13-11-8-6-7-10(2)9-11/h1,6-9H,2-4H3. The minimum atomic E-state index is -0.534. The van der Waals surface area contributed by atoms with Crippen LogP contribution >= 0.6 is 0 Å². The van der Waals surface area contributed by atoms with E-state index in [0.717, 1.165) is 5.75 Å². The average Bonchev–Trinajstić information content (AvgIpc) is 2.03. The summed E-state index contributed by atoms with van der Waals surface area (Å²) in [6.07, 6.45) is 5.32. The number of ether oxygens (including phenoxy) is 1. The van der Waals surface area contributed by atoms with Gasteiger partial charge in [0.05, 0.1) is 0 Å². The van der Waals surface area contributed by atoms with Gasteiger partial charge < -0.3 is 4.74 Å². The van der Waals surface area contributed by atoms with E-state index in [9.17, 15) is 0 Å². The summed E-state index contributed by atoms with van der Waals surface area (Å²) >= 11 is 0. The molecular weight excluding hydrogens is 160 g/mol. The maximum absolute atomic E-state index is 5.60. The highest BCUT2D eigenvalue weighted by Crippen LogP contribution is 2.18. The maximum atomic E-state index is 5.60. The topological polar surface area (TPSA) is 9.23 Å². The molecule has 13 heavy (non-hydrogen) atoms. The van der Waals surface area contributed by atoms with Crippen molar-refractivity contribution in [1.29, 1.82) is 0 Å². The number of rotatable bonds is 2. The Hall–Kier alpha value is -1.42. The zero-order valence-corrected chi connectivity index (χ0v) is 8.29. The van der Waals surface area contributed by atoms with Crippen molar-refractivity contribution < 1.29 is 4.74 Å². The molecule has 1 aromatic carbocycles. The largest absolute Gasteiger partial charge is 0.475 e. The van der Waals surface area contributed by atoms with E-state index >= 15 is 0 Å². The van der Waals surface area contributed by atoms with E-state index in [1.54, 1.807) is 0 Å². The molecule has 0 bridgehead atoms. The second-order valence-corrected chi connectivity index (χ2v) is 3.57. The molecule has 0 radical (unpaired) electrons. The van der Waals surface area contributed by atoms with Gasteiger partial charge in [-0.3, -0.25) is 0 Å². The van der Waals surface area contributed by atoms with Crippen LogP contribution in [0.4, 0.5) is 0 Å². The summed E-state index contributed by atoms with van der Waals surface area (Å²) in [6.45, 7) is 5.76. The van der Waals surface area contributed by atoms with E-state index in [2.05, 4.69) is 5.92 Å². The van der Waals surface area contributed by atoms with Gasteiger partial charge in [-0.2, -0.15) is 0 Å². The number of benzene rings is 1. The zero-order chi connectivity index (χ0) is 9.90. The van der Waals surface area contributed by atoms with Crippen molar-refractivity contribution in [2.75, 3.05) is 0 Å². The lowest BCUT2D eigenvalue weighted by Gasteiger charge is -2.20. The van der Waals surface area contributed by atoms with Gasteiger partial charge in [0, 0.05) is 0 Å². The smallest absolute Gasteiger partial charge is 0.163 e. The van der Waals surface area contributed by atoms with Crippen LogP contribution in [0.2, 0.25) is 0 Å². The van der Waals surface area contributed by atoms with Crippen LogP contribution in [0.5, 0.6) is 5.75 Å². The first-order valence-electron chi connectivity index (χ1n) is 4.27. The second kappa shape index (κ2) is 3.53. The molecule has 1 heteroatoms. The molecule has 0 saturated carbocycles. The summed E-state index contributed by atoms with van der Waals surface area (Å²) in [5, 5.41) is 0. The normalized spacial score (nSPS) is 10.6. The van der Waals surface area contributed by atoms with Crippen LogP contribution in [0.15, 0.2) is 24.3 Å². The SMILES string of the molecule is C#CC(C)(C)Oc1cccc(C)c1. The Kier molecular flexibility index (Phi) is 2.63. The molecule has 1 nitrogen and oxygen atoms in total. The molecule has 0 spiro atoms. The van der Waals surface area contributed by atoms with Gasteiger partial charge in [-0.1, -0.05) is 18.1 Å². The second-order valence-electron chi connectivity index (χ2n) is 3.57. The molecule has 1 rings (SSSR count). The van der Waals surface area contributed by atoms with Gasteiger partial charge in [-0.15, -0.1) is 6.42 Å². The van der Waals surface area contributed by atoms with Gasteiger partial charge in [0.1, 0.15) is 5.75 Å². The van der Waals surface area contributed by atoms with Crippen molar-refractivity contribution in [3.63, 3.8) is 0 Å². The molecule has 1 aromatic rings. The molecule has 0 saturated heterocycles. The molecule has 0 unspecified atom stereocenters. The summed E-state index contributed by atoms with van der Waals surface area (Å²) in [7, 11) is 0. The van der Waals surface area contributed by atoms with Crippen molar-refractivity contribution in [3.8, 4) is 18.1 Å². The maximum Gasteiger partial charge on any atom is 0.163 e. The van der Waals surface area contributed by atoms with Crippen LogP contribution < -0.4 is 4.74 Å². The highest BCUT2D eigenvalue weighted by molar-refractivity contribution is 5.29. The first-order valence-corrected chi connectivity index (χ1v) is 4.27. The van der Waals surface area contributed by atoms with Gasteiger partial charge in [0.15, 0.2) is 5.60 Å². The number of hydrogen-bond donors (Lipinski definition) is 0. The van der Waals surface area contributed by atoms with Crippen LogP contribution in [0.25, 0.3) is 0 Å². The first kappa shape index (κ1) is 9.67. The molecule has 68 valence electrons. The summed E-state index contributed by atoms with van der Waals surface area (Å²) in [6, 6.07) is 7.86. The monoisotopic (exact) mass is 174 g/mol. The average molecular weight is 174 g/mol. The van der Waals surface area contributed by atoms with Gasteiger partial charge in [-0.05, 0) is 38.5 Å². The Morgan fingerprint density at radius 1 is 1.38 bits per heavy atom. The minimum absolute atomic E-state index is 0.534. The molecule has 0 aliphatic heterocycles. The van der Waals surface area contributed by atoms with Gasteiger partial charge in [0.25, 0.3) is 0 Å². The highest BCUT2D eigenvalue weighted by Gasteiger charge is 2.14. The molecular formula is C12H14O. The van der Waals surface area contributed by atoms with Crippen molar-refractivity contribution in [3.05, 3.63) is 29.8 Å². The van der Waals surface area contributed by atoms with Crippen LogP contribution in [0, 0.1) is 19.3 Å². The van der Waals surface area contributed by atoms with E-state index in [4.69, 9.17) is 11.2 Å². The lowest BCUT2D eigenvalue weighted by Crippen LogP contribution is -2.25. The lowest BCUT2D eigenvalue weighted by molar-refractivity contribution is 0.172. The Labute approximate surface area is 79.7 Å². The predicted octanol–water partition coefficient (Wildman–Crippen LogP) is 2.79. The minimum Gasteiger partial charge on any atom is -0.475 e. The summed E-state index contributed by atoms with van der Waals surface area (Å²) in [5.74, 6) is 3.41. The molecule has 0 fully saturated rings. The molecule has 0 amide bonds. The highest BCUT2D eigenvalue weighted by atomic mass is 16.5. The molecule has 0 aliphatic rings. The molecule has 0 aliphatic carbocycles. The molecule has 0 aromatic heterocycles. The van der Waals surface area contributed by atoms with Crippen LogP contribution in [0.3, 0.4) is 0 Å². The van der Waals surface area contributed by atoms with Crippen molar-refractivity contribution in [2.45, 2.75) is 26.4 Å². The fraction of sp³-hybridized carbons (Fsp3) is 0.333. The quantitative estimate of drug-likeness (QED) is 0.626. The van der Waals surface area contributed by atoms with Crippen molar-refractivity contribution in [1.82, 2.24) is 0 Å². The summed E-state index contributed by atoms with van der Waals surface area (Å²) < 4.78 is 5.60. The number of terminal acetylenes is 1. The summed E-state index contributed by atoms with van der Waals surface area (Å²) in [4.78, 5) is 0.